The van der Waals surface area contributed by atoms with Crippen LogP contribution < -0.4 is 5.32 Å². The summed E-state index contributed by atoms with van der Waals surface area (Å²) in [5, 5.41) is 5.31. The van der Waals surface area contributed by atoms with Crippen molar-refractivity contribution in [2.45, 2.75) is 31.8 Å². The Morgan fingerprint density at radius 3 is 2.76 bits per heavy atom. The third kappa shape index (κ3) is 4.13. The Balaban J connectivity index is 1.72. The van der Waals surface area contributed by atoms with Crippen LogP contribution in [0.25, 0.3) is 11.3 Å². The Bertz CT molecular complexity index is 1010. The first kappa shape index (κ1) is 20.2. The topological polar surface area (TPSA) is 41.3 Å². The van der Waals surface area contributed by atoms with Gasteiger partial charge in [0.15, 0.2) is 5.11 Å². The molecule has 3 heterocycles. The average molecular weight is 446 g/mol. The lowest BCUT2D eigenvalue weighted by Gasteiger charge is -2.25. The van der Waals surface area contributed by atoms with Crippen LogP contribution in [0.4, 0.5) is 0 Å². The molecule has 3 aromatic rings. The van der Waals surface area contributed by atoms with Crippen molar-refractivity contribution in [1.29, 1.82) is 0 Å². The fraction of sp³-hybridized carbons (Fsp3) is 0.273. The number of hydrogen-bond acceptors (Lipinski definition) is 3. The van der Waals surface area contributed by atoms with Gasteiger partial charge < -0.3 is 14.6 Å². The van der Waals surface area contributed by atoms with Crippen molar-refractivity contribution in [2.24, 2.45) is 0 Å². The highest BCUT2D eigenvalue weighted by Gasteiger charge is 2.41. The molecule has 1 N–H and O–H groups in total. The summed E-state index contributed by atoms with van der Waals surface area (Å²) in [6.07, 6.45) is 3.93. The number of aromatic nitrogens is 1. The van der Waals surface area contributed by atoms with E-state index in [1.807, 2.05) is 42.5 Å². The Hall–Kier alpha value is -2.08. The van der Waals surface area contributed by atoms with Crippen molar-refractivity contribution in [3.05, 3.63) is 76.2 Å². The highest BCUT2D eigenvalue weighted by molar-refractivity contribution is 7.80. The zero-order valence-electron chi connectivity index (χ0n) is 15.9. The molecule has 0 radical (unpaired) electrons. The van der Waals surface area contributed by atoms with Crippen molar-refractivity contribution in [3.63, 3.8) is 0 Å². The molecule has 0 aliphatic carbocycles. The molecule has 1 aliphatic rings. The number of unbranched alkanes of at least 4 members (excludes halogenated alkanes) is 1. The normalized spacial score (nSPS) is 18.9. The van der Waals surface area contributed by atoms with E-state index in [9.17, 15) is 0 Å². The summed E-state index contributed by atoms with van der Waals surface area (Å²) < 4.78 is 6.29. The van der Waals surface area contributed by atoms with Crippen molar-refractivity contribution in [3.8, 4) is 11.3 Å². The number of benzene rings is 1. The Kier molecular flexibility index (Phi) is 6.09. The molecule has 2 unspecified atom stereocenters. The standard InChI is InChI=1S/C22H21Cl2N3OS/c1-2-3-12-27-21(20(26-22(27)29)17-6-4-5-11-25-17)19-10-9-18(28-19)15-8-7-14(23)13-16(15)24/h4-11,13,20-21H,2-3,12H2,1H3,(H,26,29). The molecule has 2 aromatic heterocycles. The van der Waals surface area contributed by atoms with Gasteiger partial charge in [0.05, 0.1) is 16.8 Å². The van der Waals surface area contributed by atoms with Crippen molar-refractivity contribution < 1.29 is 4.42 Å². The molecule has 0 amide bonds. The predicted molar refractivity (Wildman–Crippen MR) is 121 cm³/mol. The number of nitrogens with zero attached hydrogens (tertiary/aromatic N) is 2. The summed E-state index contributed by atoms with van der Waals surface area (Å²) in [5.41, 5.74) is 1.74. The maximum Gasteiger partial charge on any atom is 0.170 e. The van der Waals surface area contributed by atoms with E-state index in [1.165, 1.54) is 0 Å². The predicted octanol–water partition coefficient (Wildman–Crippen LogP) is 6.42. The lowest BCUT2D eigenvalue weighted by Crippen LogP contribution is -2.30. The molecule has 150 valence electrons. The maximum atomic E-state index is 6.38. The molecule has 7 heteroatoms. The molecule has 4 nitrogen and oxygen atoms in total. The minimum Gasteiger partial charge on any atom is -0.459 e. The number of thiocarbonyl (C=S) groups is 1. The second-order valence-electron chi connectivity index (χ2n) is 7.00. The molecule has 1 aromatic carbocycles. The number of hydrogen-bond donors (Lipinski definition) is 1. The van der Waals surface area contributed by atoms with Crippen molar-refractivity contribution in [1.82, 2.24) is 15.2 Å². The van der Waals surface area contributed by atoms with Crippen LogP contribution in [0.2, 0.25) is 10.0 Å². The average Bonchev–Trinajstić information content (AvgIpc) is 3.31. The van der Waals surface area contributed by atoms with Gasteiger partial charge in [0.25, 0.3) is 0 Å². The van der Waals surface area contributed by atoms with E-state index >= 15 is 0 Å². The van der Waals surface area contributed by atoms with Gasteiger partial charge in [-0.1, -0.05) is 42.6 Å². The van der Waals surface area contributed by atoms with E-state index in [2.05, 4.69) is 22.1 Å². The Labute approximate surface area is 185 Å². The fourth-order valence-corrected chi connectivity index (χ4v) is 4.46. The third-order valence-electron chi connectivity index (χ3n) is 5.07. The van der Waals surface area contributed by atoms with Crippen LogP contribution in [0.15, 0.2) is 59.1 Å². The smallest absolute Gasteiger partial charge is 0.170 e. The number of pyridine rings is 1. The third-order valence-corrected chi connectivity index (χ3v) is 5.97. The minimum atomic E-state index is -0.0831. The molecule has 1 saturated heterocycles. The summed E-state index contributed by atoms with van der Waals surface area (Å²) in [4.78, 5) is 6.75. The lowest BCUT2D eigenvalue weighted by atomic mass is 10.0. The van der Waals surface area contributed by atoms with Crippen LogP contribution in [-0.4, -0.2) is 21.5 Å². The van der Waals surface area contributed by atoms with Gasteiger partial charge >= 0.3 is 0 Å². The van der Waals surface area contributed by atoms with Gasteiger partial charge in [0.1, 0.15) is 17.6 Å². The molecule has 4 rings (SSSR count). The first-order valence-electron chi connectivity index (χ1n) is 9.61. The number of rotatable bonds is 6. The van der Waals surface area contributed by atoms with Crippen LogP contribution in [-0.2, 0) is 0 Å². The summed E-state index contributed by atoms with van der Waals surface area (Å²) in [7, 11) is 0. The van der Waals surface area contributed by atoms with Gasteiger partial charge in [-0.05, 0) is 61.1 Å². The highest BCUT2D eigenvalue weighted by Crippen LogP contribution is 2.41. The van der Waals surface area contributed by atoms with Gasteiger partial charge in [-0.15, -0.1) is 0 Å². The fourth-order valence-electron chi connectivity index (χ4n) is 3.63. The molecule has 0 spiro atoms. The highest BCUT2D eigenvalue weighted by atomic mass is 35.5. The molecule has 1 aliphatic heterocycles. The SMILES string of the molecule is CCCCN1C(=S)NC(c2ccccn2)C1c1ccc(-c2ccc(Cl)cc2Cl)o1. The molecule has 0 saturated carbocycles. The van der Waals surface area contributed by atoms with E-state index in [1.54, 1.807) is 12.3 Å². The van der Waals surface area contributed by atoms with Crippen molar-refractivity contribution >= 4 is 40.5 Å². The van der Waals surface area contributed by atoms with Crippen LogP contribution in [0.3, 0.4) is 0 Å². The van der Waals surface area contributed by atoms with E-state index < -0.39 is 0 Å². The summed E-state index contributed by atoms with van der Waals surface area (Å²) in [5.74, 6) is 1.53. The number of furan rings is 1. The number of nitrogens with one attached hydrogen (secondary N) is 1. The molecular weight excluding hydrogens is 425 g/mol. The van der Waals surface area contributed by atoms with Crippen LogP contribution >= 0.6 is 35.4 Å². The maximum absolute atomic E-state index is 6.38. The van der Waals surface area contributed by atoms with E-state index in [0.717, 1.165) is 41.5 Å². The largest absolute Gasteiger partial charge is 0.459 e. The first-order chi connectivity index (χ1) is 14.1. The van der Waals surface area contributed by atoms with Crippen LogP contribution in [0.5, 0.6) is 0 Å². The van der Waals surface area contributed by atoms with Gasteiger partial charge in [0, 0.05) is 23.3 Å². The minimum absolute atomic E-state index is 0.0798. The molecule has 2 atom stereocenters. The Morgan fingerprint density at radius 1 is 1.17 bits per heavy atom. The second kappa shape index (κ2) is 8.74. The van der Waals surface area contributed by atoms with Crippen LogP contribution in [0, 0.1) is 0 Å². The van der Waals surface area contributed by atoms with Gasteiger partial charge in [-0.2, -0.15) is 0 Å². The summed E-state index contributed by atoms with van der Waals surface area (Å²) >= 11 is 18.1. The van der Waals surface area contributed by atoms with E-state index in [0.29, 0.717) is 15.8 Å². The first-order valence-corrected chi connectivity index (χ1v) is 10.8. The van der Waals surface area contributed by atoms with E-state index in [-0.39, 0.29) is 12.1 Å². The quantitative estimate of drug-likeness (QED) is 0.443. The summed E-state index contributed by atoms with van der Waals surface area (Å²) in [6, 6.07) is 15.1. The molecule has 0 bridgehead atoms. The Morgan fingerprint density at radius 2 is 2.03 bits per heavy atom. The van der Waals surface area contributed by atoms with Gasteiger partial charge in [0.2, 0.25) is 0 Å². The van der Waals surface area contributed by atoms with Crippen LogP contribution in [0.1, 0.15) is 43.3 Å². The monoisotopic (exact) mass is 445 g/mol. The lowest BCUT2D eigenvalue weighted by molar-refractivity contribution is 0.271. The summed E-state index contributed by atoms with van der Waals surface area (Å²) in [6.45, 7) is 3.03. The zero-order chi connectivity index (χ0) is 20.4. The van der Waals surface area contributed by atoms with Gasteiger partial charge in [-0.25, -0.2) is 0 Å². The van der Waals surface area contributed by atoms with Crippen molar-refractivity contribution in [2.75, 3.05) is 6.54 Å². The zero-order valence-corrected chi connectivity index (χ0v) is 18.3. The molecular formula is C22H21Cl2N3OS. The van der Waals surface area contributed by atoms with E-state index in [4.69, 9.17) is 39.8 Å². The van der Waals surface area contributed by atoms with Gasteiger partial charge in [-0.3, -0.25) is 4.98 Å². The number of halogens is 2. The molecule has 1 fully saturated rings. The second-order valence-corrected chi connectivity index (χ2v) is 8.23. The molecule has 29 heavy (non-hydrogen) atoms.